The molecule has 1 atom stereocenters. The Hall–Kier alpha value is -4.10. The van der Waals surface area contributed by atoms with Crippen LogP contribution in [-0.2, 0) is 22.9 Å². The summed E-state index contributed by atoms with van der Waals surface area (Å²) < 4.78 is 47.5. The zero-order chi connectivity index (χ0) is 31.9. The molecular formula is C32H38F3N7O3. The molecule has 0 unspecified atom stereocenters. The van der Waals surface area contributed by atoms with Crippen molar-refractivity contribution in [1.29, 1.82) is 0 Å². The number of nitrogens with zero attached hydrogens (tertiary/aromatic N) is 4. The van der Waals surface area contributed by atoms with Crippen LogP contribution in [0.15, 0.2) is 42.6 Å². The van der Waals surface area contributed by atoms with E-state index in [-0.39, 0.29) is 30.3 Å². The lowest BCUT2D eigenvalue weighted by atomic mass is 9.83. The van der Waals surface area contributed by atoms with Crippen molar-refractivity contribution in [2.24, 2.45) is 0 Å². The largest absolute Gasteiger partial charge is 0.494 e. The molecule has 45 heavy (non-hydrogen) atoms. The second-order valence-electron chi connectivity index (χ2n) is 12.4. The van der Waals surface area contributed by atoms with E-state index >= 15 is 0 Å². The number of anilines is 5. The smallest absolute Gasteiger partial charge is 0.421 e. The van der Waals surface area contributed by atoms with Crippen molar-refractivity contribution in [1.82, 2.24) is 14.9 Å². The highest BCUT2D eigenvalue weighted by Gasteiger charge is 2.40. The first-order valence-corrected chi connectivity index (χ1v) is 15.2. The molecule has 1 aromatic heterocycles. The van der Waals surface area contributed by atoms with Crippen LogP contribution in [-0.4, -0.2) is 71.3 Å². The maximum atomic E-state index is 14.0. The van der Waals surface area contributed by atoms with E-state index in [4.69, 9.17) is 4.74 Å². The van der Waals surface area contributed by atoms with E-state index in [0.29, 0.717) is 28.7 Å². The fourth-order valence-electron chi connectivity index (χ4n) is 6.63. The topological polar surface area (TPSA) is 115 Å². The molecule has 10 nitrogen and oxygen atoms in total. The number of carbonyl (C=O) groups is 1. The van der Waals surface area contributed by atoms with Crippen LogP contribution >= 0.6 is 0 Å². The first kappa shape index (κ1) is 30.9. The summed E-state index contributed by atoms with van der Waals surface area (Å²) in [6, 6.07) is 11.4. The molecule has 3 aliphatic rings. The minimum atomic E-state index is -4.68. The van der Waals surface area contributed by atoms with E-state index in [1.807, 2.05) is 18.2 Å². The lowest BCUT2D eigenvalue weighted by molar-refractivity contribution is -0.137. The van der Waals surface area contributed by atoms with Gasteiger partial charge in [0.2, 0.25) is 11.9 Å². The highest BCUT2D eigenvalue weighted by Crippen LogP contribution is 2.41. The predicted octanol–water partition coefficient (Wildman–Crippen LogP) is 5.12. The fourth-order valence-corrected chi connectivity index (χ4v) is 6.63. The first-order valence-electron chi connectivity index (χ1n) is 15.2. The average molecular weight is 626 g/mol. The van der Waals surface area contributed by atoms with Crippen molar-refractivity contribution in [2.45, 2.75) is 63.4 Å². The summed E-state index contributed by atoms with van der Waals surface area (Å²) in [4.78, 5) is 25.3. The summed E-state index contributed by atoms with van der Waals surface area (Å²) in [5.41, 5.74) is 1.76. The van der Waals surface area contributed by atoms with Crippen molar-refractivity contribution in [3.63, 3.8) is 0 Å². The number of fused-ring (bicyclic) bond motifs is 1. The minimum Gasteiger partial charge on any atom is -0.494 e. The van der Waals surface area contributed by atoms with Crippen LogP contribution in [0.4, 0.5) is 42.0 Å². The molecule has 4 N–H and O–H groups in total. The number of aromatic nitrogens is 2. The Kier molecular flexibility index (Phi) is 8.25. The maximum absolute atomic E-state index is 14.0. The molecule has 0 radical (unpaired) electrons. The van der Waals surface area contributed by atoms with Gasteiger partial charge in [0.1, 0.15) is 17.1 Å². The Balaban J connectivity index is 1.18. The second kappa shape index (κ2) is 12.0. The van der Waals surface area contributed by atoms with Gasteiger partial charge in [0.15, 0.2) is 0 Å². The number of rotatable bonds is 8. The molecule has 2 fully saturated rings. The molecule has 3 aromatic rings. The number of ether oxygens (including phenoxy) is 1. The third-order valence-corrected chi connectivity index (χ3v) is 9.10. The Labute approximate surface area is 260 Å². The lowest BCUT2D eigenvalue weighted by Gasteiger charge is -2.38. The van der Waals surface area contributed by atoms with Crippen molar-refractivity contribution in [3.8, 4) is 5.75 Å². The van der Waals surface area contributed by atoms with Crippen molar-refractivity contribution in [2.75, 3.05) is 54.1 Å². The molecule has 240 valence electrons. The molecule has 1 amide bonds. The van der Waals surface area contributed by atoms with E-state index in [0.717, 1.165) is 62.9 Å². The second-order valence-corrected chi connectivity index (χ2v) is 12.4. The lowest BCUT2D eigenvalue weighted by Crippen LogP contribution is -2.44. The van der Waals surface area contributed by atoms with Crippen LogP contribution in [0, 0.1) is 0 Å². The van der Waals surface area contributed by atoms with Gasteiger partial charge in [-0.3, -0.25) is 9.69 Å². The zero-order valence-electron chi connectivity index (χ0n) is 25.5. The number of nitrogens with one attached hydrogen (secondary N) is 3. The molecule has 0 saturated carbocycles. The van der Waals surface area contributed by atoms with Crippen LogP contribution in [0.2, 0.25) is 0 Å². The van der Waals surface area contributed by atoms with E-state index in [1.165, 1.54) is 7.11 Å². The van der Waals surface area contributed by atoms with E-state index in [9.17, 15) is 23.1 Å². The Morgan fingerprint density at radius 3 is 2.60 bits per heavy atom. The number of aliphatic hydroxyl groups is 1. The molecular weight excluding hydrogens is 587 g/mol. The summed E-state index contributed by atoms with van der Waals surface area (Å²) in [6.07, 6.45) is -1.32. The van der Waals surface area contributed by atoms with Crippen molar-refractivity contribution < 1.29 is 27.8 Å². The maximum Gasteiger partial charge on any atom is 0.421 e. The Morgan fingerprint density at radius 2 is 1.91 bits per heavy atom. The van der Waals surface area contributed by atoms with Gasteiger partial charge in [-0.2, -0.15) is 18.2 Å². The first-order chi connectivity index (χ1) is 21.4. The number of aliphatic hydroxyl groups excluding tert-OH is 1. The van der Waals surface area contributed by atoms with Gasteiger partial charge in [0, 0.05) is 62.4 Å². The van der Waals surface area contributed by atoms with Gasteiger partial charge in [0.25, 0.3) is 0 Å². The highest BCUT2D eigenvalue weighted by molar-refractivity contribution is 6.06. The Bertz CT molecular complexity index is 1570. The summed E-state index contributed by atoms with van der Waals surface area (Å²) in [6.45, 7) is 7.02. The molecule has 4 heterocycles. The van der Waals surface area contributed by atoms with E-state index in [1.54, 1.807) is 32.0 Å². The van der Waals surface area contributed by atoms with Crippen LogP contribution in [0.5, 0.6) is 5.75 Å². The number of hydrogen-bond donors (Lipinski definition) is 4. The summed E-state index contributed by atoms with van der Waals surface area (Å²) in [7, 11) is 1.54. The number of β-amino-alcohol motifs (C(OH)–C–C–N with tert-alkyl or cyclic N) is 1. The SMILES string of the molecule is COc1cc(N2CCC(N3CC[C@H](O)C3)CC2)ccc1Nc1ncc(C(F)(F)F)c(NCc2cccc3c2C(C)(C)C(=O)N3)n1. The van der Waals surface area contributed by atoms with Crippen molar-refractivity contribution >= 4 is 34.7 Å². The number of piperidine rings is 1. The van der Waals surface area contributed by atoms with Gasteiger partial charge < -0.3 is 30.7 Å². The van der Waals surface area contributed by atoms with Crippen LogP contribution < -0.4 is 25.6 Å². The van der Waals surface area contributed by atoms with Crippen molar-refractivity contribution in [3.05, 3.63) is 59.3 Å². The third kappa shape index (κ3) is 6.23. The number of hydrogen-bond acceptors (Lipinski definition) is 9. The molecule has 6 rings (SSSR count). The number of methoxy groups -OCH3 is 1. The molecule has 2 saturated heterocycles. The number of likely N-dealkylation sites (tertiary alicyclic amines) is 1. The molecule has 0 bridgehead atoms. The molecule has 3 aliphatic heterocycles. The minimum absolute atomic E-state index is 0.0220. The monoisotopic (exact) mass is 625 g/mol. The van der Waals surface area contributed by atoms with Gasteiger partial charge in [-0.1, -0.05) is 12.1 Å². The number of carbonyl (C=O) groups excluding carboxylic acids is 1. The van der Waals surface area contributed by atoms with Gasteiger partial charge in [-0.25, -0.2) is 4.98 Å². The number of benzene rings is 2. The Morgan fingerprint density at radius 1 is 1.13 bits per heavy atom. The molecule has 13 heteroatoms. The van der Waals surface area contributed by atoms with Gasteiger partial charge >= 0.3 is 6.18 Å². The van der Waals surface area contributed by atoms with Gasteiger partial charge in [0.05, 0.1) is 24.3 Å². The van der Waals surface area contributed by atoms with Crippen LogP contribution in [0.25, 0.3) is 0 Å². The van der Waals surface area contributed by atoms with E-state index < -0.39 is 17.2 Å². The third-order valence-electron chi connectivity index (χ3n) is 9.10. The quantitative estimate of drug-likeness (QED) is 0.271. The van der Waals surface area contributed by atoms with Gasteiger partial charge in [-0.15, -0.1) is 0 Å². The summed E-state index contributed by atoms with van der Waals surface area (Å²) in [5.74, 6) is -0.0615. The number of halogens is 3. The average Bonchev–Trinajstić information content (AvgIpc) is 3.55. The zero-order valence-corrected chi connectivity index (χ0v) is 25.5. The predicted molar refractivity (Wildman–Crippen MR) is 166 cm³/mol. The number of alkyl halides is 3. The summed E-state index contributed by atoms with van der Waals surface area (Å²) >= 11 is 0. The van der Waals surface area contributed by atoms with Gasteiger partial charge in [-0.05, 0) is 62.4 Å². The molecule has 0 spiro atoms. The standard InChI is InChI=1S/C32H38F3N7O3/c1-31(2)27-19(5-4-6-25(27)38-29(31)44)16-36-28-23(32(33,34)35)17-37-30(40-28)39-24-8-7-21(15-26(24)45-3)41-12-9-20(10-13-41)42-14-11-22(43)18-42/h4-8,15,17,20,22,43H,9-14,16,18H2,1-3H3,(H,38,44)(H2,36,37,39,40)/t22-/m0/s1. The highest BCUT2D eigenvalue weighted by atomic mass is 19.4. The number of amides is 1. The van der Waals surface area contributed by atoms with E-state index in [2.05, 4.69) is 35.7 Å². The molecule has 2 aromatic carbocycles. The normalized spacial score (nSPS) is 20.2. The van der Waals surface area contributed by atoms with Crippen LogP contribution in [0.1, 0.15) is 49.8 Å². The molecule has 0 aliphatic carbocycles. The fraction of sp³-hybridized carbons (Fsp3) is 0.469. The van der Waals surface area contributed by atoms with Crippen LogP contribution in [0.3, 0.4) is 0 Å². The summed E-state index contributed by atoms with van der Waals surface area (Å²) in [5, 5.41) is 18.6.